The summed E-state index contributed by atoms with van der Waals surface area (Å²) in [5.74, 6) is -18.1. The Morgan fingerprint density at radius 1 is 0.508 bits per heavy atom. The summed E-state index contributed by atoms with van der Waals surface area (Å²) in [6, 6.07) is 1.25. The SMILES string of the molecule is CCC(C)C(NC(=O)C(C)(CC)NC(=O)C(CCC(=O)O)NC(=O)C(NC(=O)C(Cc1c[nH]c2ccccc12)NC(C)=O)C(C)C)C(=O)N[C@H](C(=O)NC(C)(C)C(=O)NC(CC(C)C)C(=O)NC(C)(C)C(=O)N1CC(O)CC1C(=O)NC(CCC(N)=O)C(=O)NC(C)(C)C(=O)N1CC(O)CC1C(=O)NC(C)(C)C(=O)N1CCCC1C(=O)NC(CO)Cc1ccccc1)[C@@H](C)O. The summed E-state index contributed by atoms with van der Waals surface area (Å²) < 4.78 is 0. The lowest BCUT2D eigenvalue weighted by Gasteiger charge is -2.37. The molecule has 41 heteroatoms. The fraction of sp³-hybridized carbons (Fsp3) is 0.640. The topological polar surface area (TPSA) is 616 Å². The molecule has 4 heterocycles. The Balaban J connectivity index is 1.09. The molecule has 0 bridgehead atoms. The highest BCUT2D eigenvalue weighted by atomic mass is 16.4. The summed E-state index contributed by atoms with van der Waals surface area (Å²) >= 11 is 0. The third kappa shape index (κ3) is 29.1. The molecule has 41 nitrogen and oxygen atoms in total. The predicted molar refractivity (Wildman–Crippen MR) is 474 cm³/mol. The van der Waals surface area contributed by atoms with E-state index in [4.69, 9.17) is 5.73 Å². The van der Waals surface area contributed by atoms with E-state index < -0.39 is 276 Å². The maximum Gasteiger partial charge on any atom is 0.303 e. The van der Waals surface area contributed by atoms with E-state index in [2.05, 4.69) is 74.1 Å². The monoisotopic (exact) mass is 1830 g/mol. The second-order valence-electron chi connectivity index (χ2n) is 37.4. The van der Waals surface area contributed by atoms with Gasteiger partial charge in [-0.2, -0.15) is 0 Å². The number of carboxylic acids is 1. The second kappa shape index (κ2) is 46.2. The molecule has 3 aromatic rings. The summed E-state index contributed by atoms with van der Waals surface area (Å²) in [5.41, 5.74) is -1.63. The fourth-order valence-corrected chi connectivity index (χ4v) is 15.8. The van der Waals surface area contributed by atoms with Crippen molar-refractivity contribution in [1.29, 1.82) is 0 Å². The molecule has 17 amide bonds. The third-order valence-corrected chi connectivity index (χ3v) is 23.7. The maximum atomic E-state index is 14.8. The zero-order valence-corrected chi connectivity index (χ0v) is 77.6. The number of fused-ring (bicyclic) bond motifs is 1. The molecule has 0 radical (unpaired) electrons. The van der Waals surface area contributed by atoms with Crippen molar-refractivity contribution in [2.24, 2.45) is 23.5 Å². The molecule has 14 unspecified atom stereocenters. The number of aliphatic hydroxyl groups is 4. The van der Waals surface area contributed by atoms with E-state index in [1.807, 2.05) is 48.5 Å². The van der Waals surface area contributed by atoms with Crippen LogP contribution < -0.4 is 74.9 Å². The van der Waals surface area contributed by atoms with Gasteiger partial charge in [-0.25, -0.2) is 0 Å². The summed E-state index contributed by atoms with van der Waals surface area (Å²) in [6.07, 6.45) is -4.40. The van der Waals surface area contributed by atoms with Gasteiger partial charge in [0.05, 0.1) is 31.0 Å². The number of amides is 17. The Kier molecular flexibility index (Phi) is 38.0. The summed E-state index contributed by atoms with van der Waals surface area (Å²) in [7, 11) is 0. The number of hydrogen-bond donors (Lipinski definition) is 20. The smallest absolute Gasteiger partial charge is 0.303 e. The number of aromatic nitrogens is 1. The van der Waals surface area contributed by atoms with Gasteiger partial charge in [0, 0.05) is 75.8 Å². The molecule has 6 rings (SSSR count). The molecule has 130 heavy (non-hydrogen) atoms. The van der Waals surface area contributed by atoms with Gasteiger partial charge < -0.3 is 120 Å². The summed E-state index contributed by atoms with van der Waals surface area (Å²) in [4.78, 5) is 259. The van der Waals surface area contributed by atoms with Crippen LogP contribution in [0.25, 0.3) is 10.9 Å². The van der Waals surface area contributed by atoms with Crippen LogP contribution in [0.15, 0.2) is 60.8 Å². The zero-order valence-electron chi connectivity index (χ0n) is 77.6. The average molecular weight is 1830 g/mol. The number of aliphatic carboxylic acids is 1. The number of H-pyrrole nitrogens is 1. The lowest BCUT2D eigenvalue weighted by molar-refractivity contribution is -0.148. The highest BCUT2D eigenvalue weighted by molar-refractivity contribution is 6.04. The number of carbonyl (C=O) groups is 18. The quantitative estimate of drug-likeness (QED) is 0.0288. The first-order chi connectivity index (χ1) is 60.5. The molecule has 720 valence electrons. The van der Waals surface area contributed by atoms with Gasteiger partial charge in [-0.1, -0.05) is 103 Å². The number of primary amides is 1. The van der Waals surface area contributed by atoms with Gasteiger partial charge in [-0.3, -0.25) is 86.3 Å². The van der Waals surface area contributed by atoms with E-state index in [1.165, 1.54) is 81.1 Å². The first kappa shape index (κ1) is 107. The highest BCUT2D eigenvalue weighted by Crippen LogP contribution is 2.29. The first-order valence-corrected chi connectivity index (χ1v) is 44.2. The van der Waals surface area contributed by atoms with Gasteiger partial charge in [0.2, 0.25) is 100 Å². The Bertz CT molecular complexity index is 4610. The van der Waals surface area contributed by atoms with Crippen molar-refractivity contribution >= 4 is 117 Å². The molecule has 0 saturated carbocycles. The van der Waals surface area contributed by atoms with Crippen LogP contribution in [-0.4, -0.2) is 290 Å². The van der Waals surface area contributed by atoms with Crippen LogP contribution in [0.1, 0.15) is 206 Å². The largest absolute Gasteiger partial charge is 0.481 e. The van der Waals surface area contributed by atoms with Gasteiger partial charge in [-0.15, -0.1) is 0 Å². The molecule has 3 aliphatic heterocycles. The van der Waals surface area contributed by atoms with Crippen molar-refractivity contribution < 1.29 is 112 Å². The number of hydrogen-bond acceptors (Lipinski definition) is 22. The number of nitrogens with zero attached hydrogens (tertiary/aromatic N) is 3. The Hall–Kier alpha value is -11.7. The zero-order chi connectivity index (χ0) is 97.7. The van der Waals surface area contributed by atoms with Gasteiger partial charge >= 0.3 is 5.97 Å². The third-order valence-electron chi connectivity index (χ3n) is 23.7. The van der Waals surface area contributed by atoms with Crippen LogP contribution in [0.3, 0.4) is 0 Å². The van der Waals surface area contributed by atoms with Gasteiger partial charge in [0.15, 0.2) is 0 Å². The van der Waals surface area contributed by atoms with Crippen LogP contribution in [0.4, 0.5) is 0 Å². The fourth-order valence-electron chi connectivity index (χ4n) is 15.8. The number of β-amino-alcohol motifs (C(OH)–C–C–N with tert-alkyl or cyclic N) is 2. The summed E-state index contributed by atoms with van der Waals surface area (Å²) in [6.45, 7) is 24.5. The van der Waals surface area contributed by atoms with Crippen LogP contribution in [0, 0.1) is 17.8 Å². The lowest BCUT2D eigenvalue weighted by atomic mass is 9.92. The molecule has 3 aliphatic rings. The number of aliphatic hydroxyl groups excluding tert-OH is 4. The minimum absolute atomic E-state index is 0.0158. The van der Waals surface area contributed by atoms with Crippen molar-refractivity contribution in [3.8, 4) is 0 Å². The molecule has 0 aliphatic carbocycles. The Morgan fingerprint density at radius 2 is 1.02 bits per heavy atom. The van der Waals surface area contributed by atoms with Crippen LogP contribution >= 0.6 is 0 Å². The highest BCUT2D eigenvalue weighted by Gasteiger charge is 2.51. The number of rotatable bonds is 46. The van der Waals surface area contributed by atoms with E-state index in [-0.39, 0.29) is 51.2 Å². The lowest BCUT2D eigenvalue weighted by Crippen LogP contribution is -2.66. The molecule has 0 spiro atoms. The van der Waals surface area contributed by atoms with Gasteiger partial charge in [0.1, 0.15) is 88.1 Å². The number of benzene rings is 2. The van der Waals surface area contributed by atoms with E-state index in [1.54, 1.807) is 53.8 Å². The van der Waals surface area contributed by atoms with Crippen LogP contribution in [0.5, 0.6) is 0 Å². The van der Waals surface area contributed by atoms with Crippen LogP contribution in [0.2, 0.25) is 0 Å². The average Bonchev–Trinajstić information content (AvgIpc) is 1.62. The maximum absolute atomic E-state index is 14.8. The van der Waals surface area contributed by atoms with Gasteiger partial charge in [-0.05, 0) is 149 Å². The molecule has 16 atom stereocenters. The van der Waals surface area contributed by atoms with Crippen molar-refractivity contribution in [3.63, 3.8) is 0 Å². The van der Waals surface area contributed by atoms with E-state index in [0.29, 0.717) is 24.8 Å². The first-order valence-electron chi connectivity index (χ1n) is 44.2. The Labute approximate surface area is 756 Å². The molecule has 21 N–H and O–H groups in total. The number of likely N-dealkylation sites (tertiary alicyclic amines) is 3. The number of carboxylic acid groups (broad SMARTS) is 1. The van der Waals surface area contributed by atoms with Crippen molar-refractivity contribution in [1.82, 2.24) is 88.8 Å². The molecule has 3 fully saturated rings. The van der Waals surface area contributed by atoms with Gasteiger partial charge in [0.25, 0.3) is 0 Å². The summed E-state index contributed by atoms with van der Waals surface area (Å²) in [5, 5.41) is 87.7. The Morgan fingerprint density at radius 3 is 1.55 bits per heavy atom. The number of nitrogens with one attached hydrogen (secondary N) is 14. The number of nitrogens with two attached hydrogens (primary N) is 1. The van der Waals surface area contributed by atoms with Crippen LogP contribution in [-0.2, 0) is 99.1 Å². The van der Waals surface area contributed by atoms with E-state index in [0.717, 1.165) is 33.2 Å². The number of carbonyl (C=O) groups excluding carboxylic acids is 17. The number of para-hydroxylation sites is 1. The van der Waals surface area contributed by atoms with Crippen molar-refractivity contribution in [2.45, 2.75) is 321 Å². The van der Waals surface area contributed by atoms with Crippen molar-refractivity contribution in [2.75, 3.05) is 26.2 Å². The van der Waals surface area contributed by atoms with E-state index >= 15 is 0 Å². The molecule has 2 aromatic carbocycles. The van der Waals surface area contributed by atoms with Crippen molar-refractivity contribution in [3.05, 3.63) is 71.9 Å². The minimum Gasteiger partial charge on any atom is -0.481 e. The standard InChI is InChI=1S/C89H136N18O23/c1-19-48(7)68(99-81(127)89(18,20-2)104-72(118)59(33-35-66(114)115)95-77(123)67(47(5)6)97-70(116)61(92-50(9)110)39-52-42-91-57-30-25-24-29-56(52)57)78(124)98-69(49(8)109)79(125)103-85(10,11)80(126)96-60(37-46(3)4)73(119)101-88(16,17)83(129)106-43-54(111)40-63(106)75(121)94-58(32-34-65(90)113)71(117)100-87(14,15)84(130)107-44-55(112)41-64(107)76(122)102-86(12,13)82(128)105-36-26-31-62(105)74(120)93-53(45-108)38-51-27-22-21-23-28-51/h21-25,27-30,42,46-49,53-55,58-64,67-69,91,108-109,111-112H,19-20,26,31-41,43-45H2,1-18H3,(H2,90,113)(H,92,110)(H,93,120)(H,94,121)(H,95,123)(H,96,126)(H,97,116)(H,98,124)(H,99,127)(H,100,117)(H,101,119)(H,102,122)(H,103,125)(H,104,118)(H,114,115)/t48?,49-,53?,54?,55?,58?,59?,60?,61?,62?,63?,64?,67?,68?,69+,89?/m1/s1. The minimum atomic E-state index is -1.98. The molecular formula is C89H136N18O23. The second-order valence-corrected chi connectivity index (χ2v) is 37.4. The van der Waals surface area contributed by atoms with E-state index in [9.17, 15) is 112 Å². The molecular weight excluding hydrogens is 1690 g/mol. The molecule has 1 aromatic heterocycles. The predicted octanol–water partition coefficient (Wildman–Crippen LogP) is -2.12. The number of aromatic amines is 1. The normalized spacial score (nSPS) is 19.3. The molecule has 3 saturated heterocycles.